The summed E-state index contributed by atoms with van der Waals surface area (Å²) in [5.41, 5.74) is 1.38. The number of nitrogens with zero attached hydrogens (tertiary/aromatic N) is 2. The highest BCUT2D eigenvalue weighted by atomic mass is 16.7. The molecule has 26 nitrogen and oxygen atoms in total. The number of carboxylic acids is 2. The molecule has 71 heavy (non-hydrogen) atoms. The normalized spacial score (nSPS) is 18.9. The zero-order valence-electron chi connectivity index (χ0n) is 37.8. The molecule has 5 heterocycles. The van der Waals surface area contributed by atoms with Crippen molar-refractivity contribution in [3.8, 4) is 34.4 Å². The molecule has 4 aromatic rings. The fraction of sp³-hybridized carbons (Fsp3) is 0.400. The summed E-state index contributed by atoms with van der Waals surface area (Å²) in [4.78, 5) is 103. The van der Waals surface area contributed by atoms with Crippen LogP contribution in [-0.4, -0.2) is 133 Å². The van der Waals surface area contributed by atoms with Gasteiger partial charge in [0.1, 0.15) is 43.0 Å². The molecular formula is C45H48N6O20. The Morgan fingerprint density at radius 1 is 0.845 bits per heavy atom. The van der Waals surface area contributed by atoms with E-state index in [0.29, 0.717) is 39.2 Å². The standard InChI is InChI=1S/C45H48N6O20/c1-19(42(61)62)9-35(56)47-7-5-33(54)46-8-6-34(55)49-27-10-21(3-4-30(27)70-44-39(59)37(57)38(58)40(71-44)43(63)64)16-67-45(65)48-14-23-22-11-31-32(69-18-68-31)12-26(22)50-36-24(23)15-51-28(36)13-29(53)25(41(51)60)17-66-20(2)52/h3-4,10-13,19,37-40,44,53,57-59H,5-9,14-18H2,1-2H3,(H,46,54)(H,47,56)(H,48,65)(H,49,55)(H,61,62)(H,63,64). The van der Waals surface area contributed by atoms with Crippen LogP contribution in [0.1, 0.15) is 55.4 Å². The predicted octanol–water partition coefficient (Wildman–Crippen LogP) is -0.318. The Morgan fingerprint density at radius 3 is 2.25 bits per heavy atom. The SMILES string of the molecule is CC(=O)OCc1c(O)cc2n(c1=O)Cc1c-2nc2cc3c(cc2c1CNC(=O)OCc1ccc(OC2OC(C(=O)O)C(O)C(O)C2O)c(NC(=O)CCNC(=O)CCNC(=O)CC(C)C(=O)O)c1)OCO3. The zero-order valence-corrected chi connectivity index (χ0v) is 37.8. The van der Waals surface area contributed by atoms with E-state index in [1.54, 1.807) is 12.1 Å². The third kappa shape index (κ3) is 11.7. The monoisotopic (exact) mass is 992 g/mol. The van der Waals surface area contributed by atoms with Gasteiger partial charge in [-0.15, -0.1) is 0 Å². The third-order valence-corrected chi connectivity index (χ3v) is 11.5. The number of amides is 4. The number of benzene rings is 2. The van der Waals surface area contributed by atoms with Crippen LogP contribution in [0.5, 0.6) is 23.0 Å². The summed E-state index contributed by atoms with van der Waals surface area (Å²) in [6.45, 7) is 1.08. The number of aliphatic carboxylic acids is 2. The Hall–Kier alpha value is -8.07. The van der Waals surface area contributed by atoms with Gasteiger partial charge in [0.2, 0.25) is 30.8 Å². The van der Waals surface area contributed by atoms with E-state index in [1.807, 2.05) is 0 Å². The predicted molar refractivity (Wildman–Crippen MR) is 238 cm³/mol. The number of ether oxygens (including phenoxy) is 6. The summed E-state index contributed by atoms with van der Waals surface area (Å²) >= 11 is 0. The molecule has 1 saturated heterocycles. The lowest BCUT2D eigenvalue weighted by Crippen LogP contribution is -2.61. The third-order valence-electron chi connectivity index (χ3n) is 11.5. The largest absolute Gasteiger partial charge is 0.507 e. The first kappa shape index (κ1) is 50.8. The number of pyridine rings is 2. The van der Waals surface area contributed by atoms with Gasteiger partial charge in [0.05, 0.1) is 40.6 Å². The highest BCUT2D eigenvalue weighted by Crippen LogP contribution is 2.42. The number of rotatable bonds is 19. The fourth-order valence-electron chi connectivity index (χ4n) is 7.71. The lowest BCUT2D eigenvalue weighted by molar-refractivity contribution is -0.271. The second kappa shape index (κ2) is 21.7. The highest BCUT2D eigenvalue weighted by Gasteiger charge is 2.48. The number of hydrogen-bond acceptors (Lipinski definition) is 19. The number of fused-ring (bicyclic) bond motifs is 5. The van der Waals surface area contributed by atoms with Crippen LogP contribution >= 0.6 is 0 Å². The molecule has 6 unspecified atom stereocenters. The quantitative estimate of drug-likeness (QED) is 0.0474. The van der Waals surface area contributed by atoms with E-state index in [1.165, 1.54) is 35.8 Å². The number of aromatic nitrogens is 2. The van der Waals surface area contributed by atoms with E-state index >= 15 is 0 Å². The van der Waals surface area contributed by atoms with E-state index in [9.17, 15) is 63.9 Å². The summed E-state index contributed by atoms with van der Waals surface area (Å²) in [5, 5.41) is 71.2. The van der Waals surface area contributed by atoms with Crippen molar-refractivity contribution in [1.82, 2.24) is 25.5 Å². The van der Waals surface area contributed by atoms with Gasteiger partial charge >= 0.3 is 24.0 Å². The van der Waals surface area contributed by atoms with Crippen LogP contribution in [0, 0.1) is 5.92 Å². The summed E-state index contributed by atoms with van der Waals surface area (Å²) in [5.74, 6) is -6.03. The molecular weight excluding hydrogens is 945 g/mol. The van der Waals surface area contributed by atoms with Crippen LogP contribution in [0.3, 0.4) is 0 Å². The molecule has 0 aliphatic carbocycles. The van der Waals surface area contributed by atoms with Gasteiger partial charge in [0.25, 0.3) is 5.56 Å². The number of aromatic hydroxyl groups is 1. The first-order valence-corrected chi connectivity index (χ1v) is 21.8. The Balaban J connectivity index is 1.04. The van der Waals surface area contributed by atoms with Gasteiger partial charge < -0.3 is 84.9 Å². The highest BCUT2D eigenvalue weighted by molar-refractivity contribution is 5.93. The zero-order chi connectivity index (χ0) is 51.3. The number of anilines is 1. The van der Waals surface area contributed by atoms with E-state index in [4.69, 9.17) is 38.5 Å². The van der Waals surface area contributed by atoms with Crippen LogP contribution in [0.4, 0.5) is 10.5 Å². The van der Waals surface area contributed by atoms with E-state index in [0.717, 1.165) is 6.92 Å². The number of aliphatic hydroxyl groups excluding tert-OH is 3. The maximum Gasteiger partial charge on any atom is 0.407 e. The van der Waals surface area contributed by atoms with Crippen LogP contribution in [0.25, 0.3) is 22.3 Å². The lowest BCUT2D eigenvalue weighted by atomic mass is 9.99. The van der Waals surface area contributed by atoms with Gasteiger partial charge in [-0.2, -0.15) is 0 Å². The fourth-order valence-corrected chi connectivity index (χ4v) is 7.71. The molecule has 6 atom stereocenters. The van der Waals surface area contributed by atoms with Crippen molar-refractivity contribution in [1.29, 1.82) is 0 Å². The maximum atomic E-state index is 13.6. The number of aliphatic hydroxyl groups is 3. The molecule has 0 saturated carbocycles. The molecule has 2 aromatic heterocycles. The molecule has 3 aliphatic rings. The van der Waals surface area contributed by atoms with Crippen LogP contribution in [-0.2, 0) is 69.3 Å². The Bertz CT molecular complexity index is 2850. The minimum absolute atomic E-state index is 0.0360. The molecule has 10 N–H and O–H groups in total. The maximum absolute atomic E-state index is 13.6. The number of esters is 1. The van der Waals surface area contributed by atoms with E-state index < -0.39 is 103 Å². The summed E-state index contributed by atoms with van der Waals surface area (Å²) in [7, 11) is 0. The van der Waals surface area contributed by atoms with Crippen LogP contribution in [0.2, 0.25) is 0 Å². The first-order valence-electron chi connectivity index (χ1n) is 21.8. The van der Waals surface area contributed by atoms with Crippen molar-refractivity contribution in [2.75, 3.05) is 25.2 Å². The van der Waals surface area contributed by atoms with Gasteiger partial charge in [-0.05, 0) is 29.3 Å². The van der Waals surface area contributed by atoms with Crippen LogP contribution < -0.4 is 41.0 Å². The van der Waals surface area contributed by atoms with E-state index in [-0.39, 0.29) is 80.5 Å². The van der Waals surface area contributed by atoms with Crippen molar-refractivity contribution in [2.24, 2.45) is 5.92 Å². The van der Waals surface area contributed by atoms with Gasteiger partial charge in [0.15, 0.2) is 17.6 Å². The van der Waals surface area contributed by atoms with Gasteiger partial charge in [-0.1, -0.05) is 13.0 Å². The number of nitrogens with one attached hydrogen (secondary N) is 4. The number of hydrogen-bond donors (Lipinski definition) is 10. The number of carbonyl (C=O) groups excluding carboxylic acids is 5. The second-order valence-corrected chi connectivity index (χ2v) is 16.5. The molecule has 0 bridgehead atoms. The number of carbonyl (C=O) groups is 7. The minimum atomic E-state index is -2.02. The minimum Gasteiger partial charge on any atom is -0.507 e. The van der Waals surface area contributed by atoms with Crippen molar-refractivity contribution in [3.63, 3.8) is 0 Å². The Kier molecular flexibility index (Phi) is 15.5. The molecule has 26 heteroatoms. The molecule has 0 spiro atoms. The van der Waals surface area contributed by atoms with Gasteiger partial charge in [-0.3, -0.25) is 28.8 Å². The van der Waals surface area contributed by atoms with Gasteiger partial charge in [-0.25, -0.2) is 14.6 Å². The van der Waals surface area contributed by atoms with Gasteiger partial charge in [0, 0.05) is 68.9 Å². The van der Waals surface area contributed by atoms with Crippen molar-refractivity contribution >= 4 is 58.3 Å². The Morgan fingerprint density at radius 2 is 1.55 bits per heavy atom. The molecule has 2 aromatic carbocycles. The molecule has 7 rings (SSSR count). The molecule has 0 radical (unpaired) electrons. The van der Waals surface area contributed by atoms with Crippen molar-refractivity contribution < 1.29 is 92.6 Å². The second-order valence-electron chi connectivity index (χ2n) is 16.5. The van der Waals surface area contributed by atoms with Crippen molar-refractivity contribution in [3.05, 3.63) is 69.0 Å². The van der Waals surface area contributed by atoms with Crippen molar-refractivity contribution in [2.45, 2.75) is 90.1 Å². The average Bonchev–Trinajstić information content (AvgIpc) is 3.93. The van der Waals surface area contributed by atoms with Crippen LogP contribution in [0.15, 0.2) is 41.2 Å². The summed E-state index contributed by atoms with van der Waals surface area (Å²) in [6, 6.07) is 8.60. The Labute approximate surface area is 400 Å². The number of carboxylic acid groups (broad SMARTS) is 2. The van der Waals surface area contributed by atoms with E-state index in [2.05, 4.69) is 21.3 Å². The molecule has 1 fully saturated rings. The molecule has 3 aliphatic heterocycles. The molecule has 4 amide bonds. The average molecular weight is 993 g/mol. The summed E-state index contributed by atoms with van der Waals surface area (Å²) in [6.07, 6.45) is -11.6. The molecule has 378 valence electrons. The smallest absolute Gasteiger partial charge is 0.407 e. The number of alkyl carbamates (subject to hydrolysis) is 1. The lowest BCUT2D eigenvalue weighted by Gasteiger charge is -2.38. The first-order chi connectivity index (χ1) is 33.8. The topological polar surface area (TPSA) is 379 Å². The summed E-state index contributed by atoms with van der Waals surface area (Å²) < 4.78 is 34.0.